The SMILES string of the molecule is Clc1ccc(Cl)c(-c2ccc3ccccc3c2-c2nc3ccccc3[nH]2)c1. The molecule has 4 heteroatoms. The van der Waals surface area contributed by atoms with Crippen LogP contribution < -0.4 is 0 Å². The molecule has 2 nitrogen and oxygen atoms in total. The molecule has 1 aromatic heterocycles. The van der Waals surface area contributed by atoms with Gasteiger partial charge >= 0.3 is 0 Å². The predicted molar refractivity (Wildman–Crippen MR) is 114 cm³/mol. The number of nitrogens with one attached hydrogen (secondary N) is 1. The van der Waals surface area contributed by atoms with Gasteiger partial charge in [0.15, 0.2) is 0 Å². The number of aromatic amines is 1. The zero-order valence-corrected chi connectivity index (χ0v) is 15.7. The Morgan fingerprint density at radius 1 is 0.741 bits per heavy atom. The normalized spacial score (nSPS) is 11.3. The first-order valence-electron chi connectivity index (χ1n) is 8.63. The Bertz CT molecular complexity index is 1270. The summed E-state index contributed by atoms with van der Waals surface area (Å²) in [6.07, 6.45) is 0. The first-order valence-corrected chi connectivity index (χ1v) is 9.38. The van der Waals surface area contributed by atoms with Crippen LogP contribution in [0.2, 0.25) is 10.0 Å². The van der Waals surface area contributed by atoms with E-state index < -0.39 is 0 Å². The van der Waals surface area contributed by atoms with E-state index in [-0.39, 0.29) is 0 Å². The Morgan fingerprint density at radius 3 is 2.44 bits per heavy atom. The molecule has 0 unspecified atom stereocenters. The predicted octanol–water partition coefficient (Wildman–Crippen LogP) is 7.36. The molecule has 0 saturated heterocycles. The second-order valence-electron chi connectivity index (χ2n) is 6.44. The number of fused-ring (bicyclic) bond motifs is 2. The molecular weight excluding hydrogens is 375 g/mol. The molecule has 130 valence electrons. The maximum Gasteiger partial charge on any atom is 0.139 e. The summed E-state index contributed by atoms with van der Waals surface area (Å²) in [5.74, 6) is 0.819. The highest BCUT2D eigenvalue weighted by molar-refractivity contribution is 6.35. The zero-order valence-electron chi connectivity index (χ0n) is 14.2. The van der Waals surface area contributed by atoms with Gasteiger partial charge in [0.05, 0.1) is 11.0 Å². The van der Waals surface area contributed by atoms with Crippen LogP contribution in [0.4, 0.5) is 0 Å². The molecule has 4 aromatic carbocycles. The van der Waals surface area contributed by atoms with E-state index in [1.54, 1.807) is 6.07 Å². The Hall–Kier alpha value is -2.81. The molecule has 0 aliphatic carbocycles. The summed E-state index contributed by atoms with van der Waals surface area (Å²) in [7, 11) is 0. The Labute approximate surface area is 166 Å². The topological polar surface area (TPSA) is 28.7 Å². The van der Waals surface area contributed by atoms with Gasteiger partial charge in [0.2, 0.25) is 0 Å². The van der Waals surface area contributed by atoms with Crippen molar-refractivity contribution in [3.63, 3.8) is 0 Å². The molecule has 0 bridgehead atoms. The lowest BCUT2D eigenvalue weighted by Crippen LogP contribution is -1.90. The van der Waals surface area contributed by atoms with Crippen molar-refractivity contribution in [2.75, 3.05) is 0 Å². The van der Waals surface area contributed by atoms with E-state index in [9.17, 15) is 0 Å². The van der Waals surface area contributed by atoms with E-state index in [1.807, 2.05) is 48.5 Å². The third-order valence-corrected chi connectivity index (χ3v) is 5.34. The Balaban J connectivity index is 1.89. The zero-order chi connectivity index (χ0) is 18.4. The summed E-state index contributed by atoms with van der Waals surface area (Å²) in [5.41, 5.74) is 4.85. The molecule has 5 rings (SSSR count). The minimum atomic E-state index is 0.651. The van der Waals surface area contributed by atoms with E-state index >= 15 is 0 Å². The number of hydrogen-bond acceptors (Lipinski definition) is 1. The van der Waals surface area contributed by atoms with E-state index in [1.165, 1.54) is 0 Å². The number of para-hydroxylation sites is 2. The summed E-state index contributed by atoms with van der Waals surface area (Å²) < 4.78 is 0. The molecule has 5 aromatic rings. The quantitative estimate of drug-likeness (QED) is 0.336. The van der Waals surface area contributed by atoms with Gasteiger partial charge in [0.25, 0.3) is 0 Å². The van der Waals surface area contributed by atoms with Gasteiger partial charge in [0, 0.05) is 21.2 Å². The first kappa shape index (κ1) is 16.4. The van der Waals surface area contributed by atoms with Crippen molar-refractivity contribution in [3.8, 4) is 22.5 Å². The monoisotopic (exact) mass is 388 g/mol. The van der Waals surface area contributed by atoms with Crippen LogP contribution in [-0.2, 0) is 0 Å². The van der Waals surface area contributed by atoms with Crippen molar-refractivity contribution in [2.45, 2.75) is 0 Å². The van der Waals surface area contributed by atoms with Crippen LogP contribution in [0.15, 0.2) is 78.9 Å². The molecule has 0 spiro atoms. The fourth-order valence-electron chi connectivity index (χ4n) is 3.53. The van der Waals surface area contributed by atoms with Crippen LogP contribution in [0.1, 0.15) is 0 Å². The molecule has 27 heavy (non-hydrogen) atoms. The fourth-order valence-corrected chi connectivity index (χ4v) is 3.92. The van der Waals surface area contributed by atoms with Crippen molar-refractivity contribution in [3.05, 3.63) is 88.9 Å². The molecular formula is C23H14Cl2N2. The van der Waals surface area contributed by atoms with Crippen molar-refractivity contribution in [2.24, 2.45) is 0 Å². The summed E-state index contributed by atoms with van der Waals surface area (Å²) in [6, 6.07) is 26.0. The van der Waals surface area contributed by atoms with Crippen molar-refractivity contribution >= 4 is 45.0 Å². The van der Waals surface area contributed by atoms with Gasteiger partial charge < -0.3 is 4.98 Å². The third-order valence-electron chi connectivity index (χ3n) is 4.77. The molecule has 1 N–H and O–H groups in total. The molecule has 0 saturated carbocycles. The van der Waals surface area contributed by atoms with Gasteiger partial charge in [-0.05, 0) is 46.7 Å². The smallest absolute Gasteiger partial charge is 0.139 e. The summed E-state index contributed by atoms with van der Waals surface area (Å²) in [6.45, 7) is 0. The Morgan fingerprint density at radius 2 is 1.56 bits per heavy atom. The standard InChI is InChI=1S/C23H14Cl2N2/c24-15-10-12-19(25)18(13-15)17-11-9-14-5-1-2-6-16(14)22(17)23-26-20-7-3-4-8-21(20)27-23/h1-13H,(H,26,27). The molecule has 0 atom stereocenters. The number of halogens is 2. The lowest BCUT2D eigenvalue weighted by Gasteiger charge is -2.13. The lowest BCUT2D eigenvalue weighted by molar-refractivity contribution is 1.35. The van der Waals surface area contributed by atoms with E-state index in [4.69, 9.17) is 28.2 Å². The number of H-pyrrole nitrogens is 1. The van der Waals surface area contributed by atoms with Crippen molar-refractivity contribution in [1.82, 2.24) is 9.97 Å². The van der Waals surface area contributed by atoms with Gasteiger partial charge in [0.1, 0.15) is 5.82 Å². The summed E-state index contributed by atoms with van der Waals surface area (Å²) >= 11 is 12.8. The van der Waals surface area contributed by atoms with E-state index in [0.29, 0.717) is 10.0 Å². The van der Waals surface area contributed by atoms with Crippen molar-refractivity contribution < 1.29 is 0 Å². The molecule has 1 heterocycles. The second-order valence-corrected chi connectivity index (χ2v) is 7.28. The number of hydrogen-bond donors (Lipinski definition) is 1. The van der Waals surface area contributed by atoms with Gasteiger partial charge in [-0.25, -0.2) is 4.98 Å². The molecule has 0 aliphatic heterocycles. The first-order chi connectivity index (χ1) is 13.2. The number of nitrogens with zero attached hydrogens (tertiary/aromatic N) is 1. The van der Waals surface area contributed by atoms with Gasteiger partial charge in [-0.15, -0.1) is 0 Å². The minimum Gasteiger partial charge on any atom is -0.338 e. The van der Waals surface area contributed by atoms with Crippen LogP contribution in [-0.4, -0.2) is 9.97 Å². The third kappa shape index (κ3) is 2.78. The highest BCUT2D eigenvalue weighted by atomic mass is 35.5. The highest BCUT2D eigenvalue weighted by Gasteiger charge is 2.17. The maximum absolute atomic E-state index is 6.53. The highest BCUT2D eigenvalue weighted by Crippen LogP contribution is 2.40. The lowest BCUT2D eigenvalue weighted by atomic mass is 9.93. The minimum absolute atomic E-state index is 0.651. The van der Waals surface area contributed by atoms with Crippen LogP contribution in [0.5, 0.6) is 0 Å². The van der Waals surface area contributed by atoms with Crippen LogP contribution >= 0.6 is 23.2 Å². The van der Waals surface area contributed by atoms with Crippen LogP contribution in [0.3, 0.4) is 0 Å². The average Bonchev–Trinajstić information content (AvgIpc) is 3.12. The molecule has 0 amide bonds. The molecule has 0 aliphatic rings. The van der Waals surface area contributed by atoms with Gasteiger partial charge in [-0.2, -0.15) is 0 Å². The molecule has 0 radical (unpaired) electrons. The maximum atomic E-state index is 6.53. The summed E-state index contributed by atoms with van der Waals surface area (Å²) in [5, 5.41) is 3.57. The average molecular weight is 389 g/mol. The van der Waals surface area contributed by atoms with Gasteiger partial charge in [-0.3, -0.25) is 0 Å². The second kappa shape index (κ2) is 6.41. The molecule has 0 fully saturated rings. The largest absolute Gasteiger partial charge is 0.338 e. The van der Waals surface area contributed by atoms with Crippen LogP contribution in [0, 0.1) is 0 Å². The van der Waals surface area contributed by atoms with E-state index in [2.05, 4.69) is 29.2 Å². The van der Waals surface area contributed by atoms with Crippen LogP contribution in [0.25, 0.3) is 44.3 Å². The summed E-state index contributed by atoms with van der Waals surface area (Å²) in [4.78, 5) is 8.30. The fraction of sp³-hybridized carbons (Fsp3) is 0. The number of rotatable bonds is 2. The van der Waals surface area contributed by atoms with Gasteiger partial charge in [-0.1, -0.05) is 71.7 Å². The Kier molecular flexibility index (Phi) is 3.89. The number of imidazole rings is 1. The number of aromatic nitrogens is 2. The number of benzene rings is 4. The van der Waals surface area contributed by atoms with Crippen molar-refractivity contribution in [1.29, 1.82) is 0 Å². The van der Waals surface area contributed by atoms with E-state index in [0.717, 1.165) is 44.3 Å².